The second-order valence-electron chi connectivity index (χ2n) is 7.41. The van der Waals surface area contributed by atoms with Crippen LogP contribution in [0.4, 0.5) is 11.5 Å². The minimum atomic E-state index is -0.462. The number of carbonyl (C=O) groups is 1. The Balaban J connectivity index is 1.42. The third kappa shape index (κ3) is 4.40. The fourth-order valence-corrected chi connectivity index (χ4v) is 3.84. The number of rotatable bonds is 6. The number of anilines is 1. The summed E-state index contributed by atoms with van der Waals surface area (Å²) in [7, 11) is 0. The first-order valence-electron chi connectivity index (χ1n) is 10.3. The SMILES string of the molecule is CCc1c(C(=O)N2CCN(c3ccc([N+](=O)[O-])cn3)CC2)cnn1Cc1ccccc1. The van der Waals surface area contributed by atoms with Gasteiger partial charge in [-0.05, 0) is 18.1 Å². The van der Waals surface area contributed by atoms with E-state index in [1.165, 1.54) is 12.3 Å². The first-order valence-corrected chi connectivity index (χ1v) is 10.3. The summed E-state index contributed by atoms with van der Waals surface area (Å²) in [5, 5.41) is 15.3. The van der Waals surface area contributed by atoms with Crippen molar-refractivity contribution in [3.05, 3.63) is 81.8 Å². The smallest absolute Gasteiger partial charge is 0.287 e. The van der Waals surface area contributed by atoms with Crippen LogP contribution in [0.25, 0.3) is 0 Å². The highest BCUT2D eigenvalue weighted by atomic mass is 16.6. The van der Waals surface area contributed by atoms with Crippen molar-refractivity contribution in [3.8, 4) is 0 Å². The van der Waals surface area contributed by atoms with Crippen molar-refractivity contribution in [3.63, 3.8) is 0 Å². The Morgan fingerprint density at radius 3 is 2.42 bits per heavy atom. The van der Waals surface area contributed by atoms with Gasteiger partial charge in [-0.1, -0.05) is 37.3 Å². The molecule has 4 rings (SSSR count). The Kier molecular flexibility index (Phi) is 5.92. The first-order chi connectivity index (χ1) is 15.1. The summed E-state index contributed by atoms with van der Waals surface area (Å²) in [5.41, 5.74) is 2.70. The molecule has 1 fully saturated rings. The highest BCUT2D eigenvalue weighted by Gasteiger charge is 2.26. The van der Waals surface area contributed by atoms with Crippen LogP contribution in [0.15, 0.2) is 54.9 Å². The number of carbonyl (C=O) groups excluding carboxylic acids is 1. The van der Waals surface area contributed by atoms with Crippen LogP contribution in [0.1, 0.15) is 28.5 Å². The van der Waals surface area contributed by atoms with Gasteiger partial charge in [0.15, 0.2) is 0 Å². The molecule has 0 bridgehead atoms. The summed E-state index contributed by atoms with van der Waals surface area (Å²) in [6.45, 7) is 5.03. The molecule has 9 nitrogen and oxygen atoms in total. The van der Waals surface area contributed by atoms with Crippen LogP contribution in [0.2, 0.25) is 0 Å². The lowest BCUT2D eigenvalue weighted by molar-refractivity contribution is -0.385. The number of amides is 1. The molecule has 0 saturated carbocycles. The minimum absolute atomic E-state index is 0.00697. The molecule has 0 unspecified atom stereocenters. The van der Waals surface area contributed by atoms with E-state index < -0.39 is 4.92 Å². The molecule has 1 saturated heterocycles. The van der Waals surface area contributed by atoms with E-state index in [1.54, 1.807) is 12.3 Å². The van der Waals surface area contributed by atoms with E-state index in [2.05, 4.69) is 10.1 Å². The van der Waals surface area contributed by atoms with Gasteiger partial charge < -0.3 is 9.80 Å². The topological polar surface area (TPSA) is 97.4 Å². The number of nitro groups is 1. The van der Waals surface area contributed by atoms with Crippen molar-refractivity contribution in [1.29, 1.82) is 0 Å². The Labute approximate surface area is 180 Å². The van der Waals surface area contributed by atoms with E-state index in [0.29, 0.717) is 44.1 Å². The molecule has 0 radical (unpaired) electrons. The number of benzene rings is 1. The molecule has 0 atom stereocenters. The van der Waals surface area contributed by atoms with Crippen LogP contribution in [0.3, 0.4) is 0 Å². The normalized spacial score (nSPS) is 14.0. The number of nitrogens with zero attached hydrogens (tertiary/aromatic N) is 6. The van der Waals surface area contributed by atoms with Gasteiger partial charge in [-0.2, -0.15) is 5.10 Å². The summed E-state index contributed by atoms with van der Waals surface area (Å²) in [5.74, 6) is 0.676. The van der Waals surface area contributed by atoms with Gasteiger partial charge in [-0.25, -0.2) is 4.98 Å². The molecule has 1 aromatic carbocycles. The van der Waals surface area contributed by atoms with E-state index in [4.69, 9.17) is 0 Å². The van der Waals surface area contributed by atoms with E-state index >= 15 is 0 Å². The van der Waals surface area contributed by atoms with E-state index in [-0.39, 0.29) is 11.6 Å². The molecular formula is C22H24N6O3. The molecule has 9 heteroatoms. The number of pyridine rings is 1. The highest BCUT2D eigenvalue weighted by molar-refractivity contribution is 5.95. The number of aromatic nitrogens is 3. The van der Waals surface area contributed by atoms with Gasteiger partial charge in [0.2, 0.25) is 0 Å². The zero-order valence-electron chi connectivity index (χ0n) is 17.3. The zero-order chi connectivity index (χ0) is 21.8. The zero-order valence-corrected chi connectivity index (χ0v) is 17.3. The summed E-state index contributed by atoms with van der Waals surface area (Å²) in [6.07, 6.45) is 3.66. The molecule has 0 aliphatic carbocycles. The van der Waals surface area contributed by atoms with E-state index in [1.807, 2.05) is 51.7 Å². The quantitative estimate of drug-likeness (QED) is 0.449. The maximum atomic E-state index is 13.2. The molecule has 3 aromatic rings. The molecular weight excluding hydrogens is 396 g/mol. The van der Waals surface area contributed by atoms with Crippen LogP contribution in [-0.2, 0) is 13.0 Å². The molecule has 1 amide bonds. The molecule has 160 valence electrons. The lowest BCUT2D eigenvalue weighted by Gasteiger charge is -2.35. The number of hydrogen-bond acceptors (Lipinski definition) is 6. The Morgan fingerprint density at radius 2 is 1.81 bits per heavy atom. The van der Waals surface area contributed by atoms with Crippen LogP contribution < -0.4 is 4.90 Å². The maximum absolute atomic E-state index is 13.2. The summed E-state index contributed by atoms with van der Waals surface area (Å²) >= 11 is 0. The van der Waals surface area contributed by atoms with Gasteiger partial charge in [0.25, 0.3) is 11.6 Å². The summed E-state index contributed by atoms with van der Waals surface area (Å²) in [6, 6.07) is 13.2. The number of hydrogen-bond donors (Lipinski definition) is 0. The Morgan fingerprint density at radius 1 is 1.06 bits per heavy atom. The van der Waals surface area contributed by atoms with Crippen LogP contribution >= 0.6 is 0 Å². The standard InChI is InChI=1S/C22H24N6O3/c1-2-20-19(15-24-27(20)16-17-6-4-3-5-7-17)22(29)26-12-10-25(11-13-26)21-9-8-18(14-23-21)28(30)31/h3-9,14-15H,2,10-13,16H2,1H3. The van der Waals surface area contributed by atoms with Gasteiger partial charge in [0.05, 0.1) is 28.9 Å². The fraction of sp³-hybridized carbons (Fsp3) is 0.318. The van der Waals surface area contributed by atoms with Crippen molar-refractivity contribution in [2.75, 3.05) is 31.1 Å². The van der Waals surface area contributed by atoms with Crippen molar-refractivity contribution >= 4 is 17.4 Å². The fourth-order valence-electron chi connectivity index (χ4n) is 3.84. The van der Waals surface area contributed by atoms with Crippen LogP contribution in [0, 0.1) is 10.1 Å². The molecule has 1 aliphatic rings. The first kappa shape index (κ1) is 20.5. The molecule has 0 spiro atoms. The average molecular weight is 420 g/mol. The average Bonchev–Trinajstić information content (AvgIpc) is 3.22. The second kappa shape index (κ2) is 8.95. The Hall–Kier alpha value is -3.75. The number of piperazine rings is 1. The van der Waals surface area contributed by atoms with Crippen molar-refractivity contribution < 1.29 is 9.72 Å². The van der Waals surface area contributed by atoms with Crippen LogP contribution in [-0.4, -0.2) is 56.7 Å². The van der Waals surface area contributed by atoms with E-state index in [9.17, 15) is 14.9 Å². The molecule has 31 heavy (non-hydrogen) atoms. The predicted molar refractivity (Wildman–Crippen MR) is 116 cm³/mol. The maximum Gasteiger partial charge on any atom is 0.287 e. The molecule has 3 heterocycles. The van der Waals surface area contributed by atoms with Crippen molar-refractivity contribution in [2.24, 2.45) is 0 Å². The lowest BCUT2D eigenvalue weighted by atomic mass is 10.1. The van der Waals surface area contributed by atoms with Crippen LogP contribution in [0.5, 0.6) is 0 Å². The van der Waals surface area contributed by atoms with Gasteiger partial charge >= 0.3 is 0 Å². The third-order valence-corrected chi connectivity index (χ3v) is 5.52. The molecule has 1 aliphatic heterocycles. The molecule has 2 aromatic heterocycles. The molecule has 0 N–H and O–H groups in total. The monoisotopic (exact) mass is 420 g/mol. The third-order valence-electron chi connectivity index (χ3n) is 5.52. The van der Waals surface area contributed by atoms with Crippen molar-refractivity contribution in [2.45, 2.75) is 19.9 Å². The lowest BCUT2D eigenvalue weighted by Crippen LogP contribution is -2.49. The largest absolute Gasteiger partial charge is 0.353 e. The van der Waals surface area contributed by atoms with Gasteiger partial charge in [0, 0.05) is 32.2 Å². The van der Waals surface area contributed by atoms with Crippen molar-refractivity contribution in [1.82, 2.24) is 19.7 Å². The summed E-state index contributed by atoms with van der Waals surface area (Å²) < 4.78 is 1.90. The van der Waals surface area contributed by atoms with Gasteiger partial charge in [-0.15, -0.1) is 0 Å². The summed E-state index contributed by atoms with van der Waals surface area (Å²) in [4.78, 5) is 31.6. The van der Waals surface area contributed by atoms with Gasteiger partial charge in [-0.3, -0.25) is 19.6 Å². The minimum Gasteiger partial charge on any atom is -0.353 e. The highest BCUT2D eigenvalue weighted by Crippen LogP contribution is 2.20. The van der Waals surface area contributed by atoms with Gasteiger partial charge in [0.1, 0.15) is 12.0 Å². The van der Waals surface area contributed by atoms with E-state index in [0.717, 1.165) is 17.7 Å². The Bertz CT molecular complexity index is 1060. The predicted octanol–water partition coefficient (Wildman–Crippen LogP) is 2.76. The second-order valence-corrected chi connectivity index (χ2v) is 7.41.